The second-order valence-electron chi connectivity index (χ2n) is 9.99. The summed E-state index contributed by atoms with van der Waals surface area (Å²) in [5.74, 6) is -0.748. The number of rotatable bonds is 7. The summed E-state index contributed by atoms with van der Waals surface area (Å²) in [6, 6.07) is 17.7. The van der Waals surface area contributed by atoms with Gasteiger partial charge in [-0.05, 0) is 36.8 Å². The van der Waals surface area contributed by atoms with Crippen LogP contribution in [0.2, 0.25) is 0 Å². The first kappa shape index (κ1) is 23.9. The van der Waals surface area contributed by atoms with Crippen LogP contribution in [-0.2, 0) is 20.9 Å². The van der Waals surface area contributed by atoms with E-state index in [1.807, 2.05) is 68.4 Å². The Labute approximate surface area is 201 Å². The third-order valence-electron chi connectivity index (χ3n) is 6.50. The van der Waals surface area contributed by atoms with Gasteiger partial charge in [0.15, 0.2) is 5.78 Å². The molecule has 2 aromatic carbocycles. The molecule has 0 amide bonds. The average molecular weight is 460 g/mol. The van der Waals surface area contributed by atoms with E-state index in [-0.39, 0.29) is 17.2 Å². The molecular formula is C29H33NO4. The van der Waals surface area contributed by atoms with E-state index >= 15 is 0 Å². The molecule has 0 radical (unpaired) electrons. The highest BCUT2D eigenvalue weighted by atomic mass is 16.5. The van der Waals surface area contributed by atoms with Crippen molar-refractivity contribution in [1.29, 1.82) is 0 Å². The molecule has 0 spiro atoms. The largest absolute Gasteiger partial charge is 0.489 e. The summed E-state index contributed by atoms with van der Waals surface area (Å²) in [6.45, 7) is 8.75. The van der Waals surface area contributed by atoms with Crippen LogP contribution >= 0.6 is 0 Å². The fourth-order valence-electron chi connectivity index (χ4n) is 4.98. The molecule has 0 bridgehead atoms. The summed E-state index contributed by atoms with van der Waals surface area (Å²) in [5, 5.41) is 0. The Morgan fingerprint density at radius 2 is 1.76 bits per heavy atom. The third-order valence-corrected chi connectivity index (χ3v) is 6.50. The van der Waals surface area contributed by atoms with Crippen molar-refractivity contribution in [3.63, 3.8) is 0 Å². The van der Waals surface area contributed by atoms with Crippen molar-refractivity contribution in [2.45, 2.75) is 59.5 Å². The molecule has 0 fully saturated rings. The minimum atomic E-state index is -0.656. The fourth-order valence-corrected chi connectivity index (χ4v) is 4.98. The monoisotopic (exact) mass is 459 g/mol. The molecule has 34 heavy (non-hydrogen) atoms. The van der Waals surface area contributed by atoms with Gasteiger partial charge in [0.2, 0.25) is 0 Å². The van der Waals surface area contributed by atoms with Crippen molar-refractivity contribution in [3.05, 3.63) is 77.0 Å². The van der Waals surface area contributed by atoms with Gasteiger partial charge < -0.3 is 9.47 Å². The zero-order valence-electron chi connectivity index (χ0n) is 20.5. The lowest BCUT2D eigenvalue weighted by Crippen LogP contribution is -2.39. The summed E-state index contributed by atoms with van der Waals surface area (Å²) in [7, 11) is 0. The lowest BCUT2D eigenvalue weighted by Gasteiger charge is -2.39. The Hall–Kier alpha value is -3.21. The predicted octanol–water partition coefficient (Wildman–Crippen LogP) is 6.04. The van der Waals surface area contributed by atoms with Gasteiger partial charge in [-0.3, -0.25) is 14.6 Å². The van der Waals surface area contributed by atoms with E-state index in [9.17, 15) is 9.59 Å². The van der Waals surface area contributed by atoms with E-state index in [2.05, 4.69) is 13.8 Å². The Kier molecular flexibility index (Phi) is 7.01. The van der Waals surface area contributed by atoms with E-state index in [0.717, 1.165) is 23.2 Å². The third kappa shape index (κ3) is 4.98. The lowest BCUT2D eigenvalue weighted by molar-refractivity contribution is -0.146. The first-order chi connectivity index (χ1) is 16.3. The van der Waals surface area contributed by atoms with Crippen molar-refractivity contribution in [2.75, 3.05) is 6.61 Å². The molecule has 5 heteroatoms. The maximum atomic E-state index is 13.5. The number of carbonyl (C=O) groups excluding carboxylic acids is 2. The minimum Gasteiger partial charge on any atom is -0.489 e. The van der Waals surface area contributed by atoms with Gasteiger partial charge in [0, 0.05) is 34.9 Å². The van der Waals surface area contributed by atoms with Crippen LogP contribution < -0.4 is 4.74 Å². The first-order valence-electron chi connectivity index (χ1n) is 12.0. The Bertz CT molecular complexity index is 1130. The molecule has 0 saturated carbocycles. The second-order valence-corrected chi connectivity index (χ2v) is 9.99. The van der Waals surface area contributed by atoms with Crippen LogP contribution in [0.5, 0.6) is 5.75 Å². The van der Waals surface area contributed by atoms with E-state index in [1.165, 1.54) is 0 Å². The molecule has 1 aliphatic carbocycles. The molecule has 0 saturated heterocycles. The molecule has 0 N–H and O–H groups in total. The highest BCUT2D eigenvalue weighted by molar-refractivity contribution is 6.09. The number of esters is 1. The van der Waals surface area contributed by atoms with E-state index in [4.69, 9.17) is 14.5 Å². The number of hydrogen-bond donors (Lipinski definition) is 0. The molecule has 0 aromatic heterocycles. The molecule has 2 aromatic rings. The summed E-state index contributed by atoms with van der Waals surface area (Å²) in [6.07, 6.45) is 1.86. The van der Waals surface area contributed by atoms with Gasteiger partial charge in [0.25, 0.3) is 0 Å². The highest BCUT2D eigenvalue weighted by Crippen LogP contribution is 2.49. The van der Waals surface area contributed by atoms with Gasteiger partial charge in [-0.25, -0.2) is 0 Å². The molecule has 1 aliphatic heterocycles. The van der Waals surface area contributed by atoms with Crippen LogP contribution in [0.15, 0.2) is 70.9 Å². The second kappa shape index (κ2) is 9.96. The normalized spacial score (nSPS) is 21.5. The number of aliphatic imine (C=N–C) groups is 1. The number of benzene rings is 2. The maximum absolute atomic E-state index is 13.5. The Balaban J connectivity index is 1.78. The zero-order chi connectivity index (χ0) is 24.3. The number of Topliss-reactive ketones (excluding diaryl/α,β-unsaturated/α-hetero) is 1. The first-order valence-corrected chi connectivity index (χ1v) is 12.0. The molecular weight excluding hydrogens is 426 g/mol. The standard InChI is InChI=1S/C29H33NO4/c1-5-15-33-28(32)25-19(2)30-22-16-29(3,4)17-23(31)27(22)26(25)21-13-9-10-14-24(21)34-18-20-11-7-6-8-12-20/h6-14,25-26H,5,15-18H2,1-4H3/t25?,26-/m0/s1. The van der Waals surface area contributed by atoms with Crippen LogP contribution in [0.4, 0.5) is 0 Å². The maximum Gasteiger partial charge on any atom is 0.315 e. The van der Waals surface area contributed by atoms with Crippen molar-refractivity contribution < 1.29 is 19.1 Å². The van der Waals surface area contributed by atoms with Gasteiger partial charge >= 0.3 is 5.97 Å². The van der Waals surface area contributed by atoms with Crippen LogP contribution in [-0.4, -0.2) is 24.1 Å². The number of nitrogens with zero attached hydrogens (tertiary/aromatic N) is 1. The number of para-hydroxylation sites is 1. The minimum absolute atomic E-state index is 0.0543. The molecule has 178 valence electrons. The smallest absolute Gasteiger partial charge is 0.315 e. The van der Waals surface area contributed by atoms with Gasteiger partial charge in [0.05, 0.1) is 6.61 Å². The lowest BCUT2D eigenvalue weighted by atomic mass is 9.66. The van der Waals surface area contributed by atoms with Crippen LogP contribution in [0.1, 0.15) is 64.0 Å². The van der Waals surface area contributed by atoms with Crippen molar-refractivity contribution in [3.8, 4) is 5.75 Å². The van der Waals surface area contributed by atoms with Crippen molar-refractivity contribution in [2.24, 2.45) is 16.3 Å². The average Bonchev–Trinajstić information content (AvgIpc) is 2.80. The molecule has 1 heterocycles. The Morgan fingerprint density at radius 3 is 2.50 bits per heavy atom. The zero-order valence-corrected chi connectivity index (χ0v) is 20.5. The number of hydrogen-bond acceptors (Lipinski definition) is 5. The topological polar surface area (TPSA) is 65.0 Å². The SMILES string of the molecule is CCCOC(=O)C1C(C)=NC2=C(C(=O)CC(C)(C)C2)[C@H]1c1ccccc1OCc1ccccc1. The van der Waals surface area contributed by atoms with E-state index < -0.39 is 11.8 Å². The number of carbonyl (C=O) groups is 2. The van der Waals surface area contributed by atoms with Crippen LogP contribution in [0, 0.1) is 11.3 Å². The molecule has 5 nitrogen and oxygen atoms in total. The van der Waals surface area contributed by atoms with Crippen LogP contribution in [0.3, 0.4) is 0 Å². The fraction of sp³-hybridized carbons (Fsp3) is 0.414. The highest BCUT2D eigenvalue weighted by Gasteiger charge is 2.46. The van der Waals surface area contributed by atoms with Gasteiger partial charge in [-0.2, -0.15) is 0 Å². The quantitative estimate of drug-likeness (QED) is 0.474. The summed E-state index contributed by atoms with van der Waals surface area (Å²) >= 11 is 0. The van der Waals surface area contributed by atoms with Gasteiger partial charge in [-0.15, -0.1) is 0 Å². The Morgan fingerprint density at radius 1 is 1.06 bits per heavy atom. The van der Waals surface area contributed by atoms with Gasteiger partial charge in [0.1, 0.15) is 18.3 Å². The summed E-state index contributed by atoms with van der Waals surface area (Å²) in [5.41, 5.74) is 3.83. The van der Waals surface area contributed by atoms with Crippen LogP contribution in [0.25, 0.3) is 0 Å². The number of ketones is 1. The molecule has 2 atom stereocenters. The number of allylic oxidation sites excluding steroid dienone is 2. The predicted molar refractivity (Wildman–Crippen MR) is 133 cm³/mol. The van der Waals surface area contributed by atoms with Crippen molar-refractivity contribution in [1.82, 2.24) is 0 Å². The molecule has 4 rings (SSSR count). The molecule has 1 unspecified atom stereocenters. The van der Waals surface area contributed by atoms with Gasteiger partial charge in [-0.1, -0.05) is 69.3 Å². The van der Waals surface area contributed by atoms with E-state index in [0.29, 0.717) is 43.1 Å². The molecule has 2 aliphatic rings. The summed E-state index contributed by atoms with van der Waals surface area (Å²) < 4.78 is 11.8. The summed E-state index contributed by atoms with van der Waals surface area (Å²) in [4.78, 5) is 31.6. The van der Waals surface area contributed by atoms with E-state index in [1.54, 1.807) is 0 Å². The van der Waals surface area contributed by atoms with Crippen molar-refractivity contribution >= 4 is 17.5 Å². The number of ether oxygens (including phenoxy) is 2.